The third kappa shape index (κ3) is 44.2. The number of esters is 1. The monoisotopic (exact) mass is 868 g/mol. The number of aliphatic hydroxyl groups excluding tert-OH is 2. The second-order valence-corrected chi connectivity index (χ2v) is 17.9. The summed E-state index contributed by atoms with van der Waals surface area (Å²) in [5, 5.41) is 23.8. The predicted molar refractivity (Wildman–Crippen MR) is 268 cm³/mol. The molecule has 0 aliphatic rings. The van der Waals surface area contributed by atoms with E-state index in [1.54, 1.807) is 0 Å². The molecule has 0 aliphatic heterocycles. The number of aliphatic hydroxyl groups is 2. The fourth-order valence-electron chi connectivity index (χ4n) is 7.83. The summed E-state index contributed by atoms with van der Waals surface area (Å²) in [6, 6.07) is -0.714. The van der Waals surface area contributed by atoms with Crippen LogP contribution in [0.25, 0.3) is 0 Å². The van der Waals surface area contributed by atoms with E-state index in [2.05, 4.69) is 86.8 Å². The highest BCUT2D eigenvalue weighted by atomic mass is 16.5. The maximum absolute atomic E-state index is 13.2. The third-order valence-corrected chi connectivity index (χ3v) is 11.8. The largest absolute Gasteiger partial charge is 0.462 e. The molecule has 0 aromatic carbocycles. The van der Waals surface area contributed by atoms with Gasteiger partial charge < -0.3 is 20.3 Å². The van der Waals surface area contributed by atoms with Crippen LogP contribution in [-0.2, 0) is 14.3 Å². The SMILES string of the molecule is CC/C=C/C/C=C/C/C=C/C/C=C/CCCCCC(=O)OC(CCCCC/C=C/CCCCCCCCC)CC(=O)NC(CO)C(O)CCCCCCCCCCCCCCC. The Kier molecular flexibility index (Phi) is 47.6. The van der Waals surface area contributed by atoms with E-state index < -0.39 is 18.2 Å². The van der Waals surface area contributed by atoms with Gasteiger partial charge >= 0.3 is 5.97 Å². The minimum Gasteiger partial charge on any atom is -0.462 e. The van der Waals surface area contributed by atoms with Crippen LogP contribution in [0.15, 0.2) is 60.8 Å². The quantitative estimate of drug-likeness (QED) is 0.0322. The summed E-state index contributed by atoms with van der Waals surface area (Å²) in [4.78, 5) is 26.2. The van der Waals surface area contributed by atoms with Gasteiger partial charge in [-0.05, 0) is 89.9 Å². The van der Waals surface area contributed by atoms with Crippen LogP contribution >= 0.6 is 0 Å². The van der Waals surface area contributed by atoms with Crippen molar-refractivity contribution in [3.63, 3.8) is 0 Å². The molecule has 0 saturated carbocycles. The molecule has 0 heterocycles. The molecule has 0 bridgehead atoms. The number of allylic oxidation sites excluding steroid dienone is 10. The summed E-state index contributed by atoms with van der Waals surface area (Å²) >= 11 is 0. The van der Waals surface area contributed by atoms with Crippen molar-refractivity contribution in [2.75, 3.05) is 6.61 Å². The van der Waals surface area contributed by atoms with Crippen molar-refractivity contribution >= 4 is 11.9 Å². The number of nitrogens with one attached hydrogen (secondary N) is 1. The van der Waals surface area contributed by atoms with Gasteiger partial charge in [-0.1, -0.05) is 216 Å². The van der Waals surface area contributed by atoms with Crippen LogP contribution in [0, 0.1) is 0 Å². The first-order chi connectivity index (χ1) is 30.5. The zero-order valence-corrected chi connectivity index (χ0v) is 41.0. The molecule has 3 atom stereocenters. The molecule has 6 nitrogen and oxygen atoms in total. The van der Waals surface area contributed by atoms with Crippen molar-refractivity contribution in [3.8, 4) is 0 Å². The van der Waals surface area contributed by atoms with E-state index in [1.807, 2.05) is 0 Å². The van der Waals surface area contributed by atoms with Crippen LogP contribution in [0.1, 0.15) is 258 Å². The molecule has 0 aromatic rings. The molecule has 0 spiro atoms. The topological polar surface area (TPSA) is 95.9 Å². The number of carbonyl (C=O) groups is 2. The van der Waals surface area contributed by atoms with Crippen molar-refractivity contribution in [2.45, 2.75) is 277 Å². The van der Waals surface area contributed by atoms with E-state index in [0.717, 1.165) is 103 Å². The van der Waals surface area contributed by atoms with E-state index >= 15 is 0 Å². The second kappa shape index (κ2) is 49.6. The molecule has 0 fully saturated rings. The van der Waals surface area contributed by atoms with Crippen molar-refractivity contribution in [1.29, 1.82) is 0 Å². The average molecular weight is 868 g/mol. The number of hydrogen-bond donors (Lipinski definition) is 3. The highest BCUT2D eigenvalue weighted by molar-refractivity contribution is 5.77. The number of unbranched alkanes of at least 4 members (excludes halogenated alkanes) is 25. The molecule has 0 aliphatic carbocycles. The van der Waals surface area contributed by atoms with E-state index in [0.29, 0.717) is 19.3 Å². The summed E-state index contributed by atoms with van der Waals surface area (Å²) in [6.45, 7) is 6.36. The van der Waals surface area contributed by atoms with Gasteiger partial charge in [0.25, 0.3) is 0 Å². The molecule has 62 heavy (non-hydrogen) atoms. The number of hydrogen-bond acceptors (Lipinski definition) is 5. The van der Waals surface area contributed by atoms with Gasteiger partial charge in [0.1, 0.15) is 6.10 Å². The molecule has 1 amide bonds. The smallest absolute Gasteiger partial charge is 0.306 e. The standard InChI is InChI=1S/C56H101NO5/c1-4-7-10-13-16-19-22-25-27-28-31-34-37-40-43-46-49-56(61)62-52(47-44-41-38-35-32-30-26-23-20-17-14-11-8-5-2)50-55(60)57-53(51-58)54(59)48-45-42-39-36-33-29-24-21-18-15-12-9-6-3/h7,10,16,19,25,27,30-32,34,52-54,58-59H,4-6,8-9,11-15,17-18,20-24,26,28-29,33,35-51H2,1-3H3,(H,57,60)/b10-7+,19-16+,27-25+,32-30+,34-31+. The van der Waals surface area contributed by atoms with Gasteiger partial charge in [-0.3, -0.25) is 9.59 Å². The number of ether oxygens (including phenoxy) is 1. The highest BCUT2D eigenvalue weighted by Gasteiger charge is 2.24. The number of rotatable bonds is 47. The number of carbonyl (C=O) groups excluding carboxylic acids is 2. The van der Waals surface area contributed by atoms with Crippen molar-refractivity contribution in [2.24, 2.45) is 0 Å². The Hall–Kier alpha value is -2.44. The lowest BCUT2D eigenvalue weighted by atomic mass is 10.0. The van der Waals surface area contributed by atoms with E-state index in [1.165, 1.54) is 109 Å². The normalized spacial score (nSPS) is 13.7. The fourth-order valence-corrected chi connectivity index (χ4v) is 7.83. The van der Waals surface area contributed by atoms with Crippen LogP contribution in [0.4, 0.5) is 0 Å². The third-order valence-electron chi connectivity index (χ3n) is 11.8. The van der Waals surface area contributed by atoms with E-state index in [4.69, 9.17) is 4.74 Å². The van der Waals surface area contributed by atoms with Crippen LogP contribution in [0.2, 0.25) is 0 Å². The van der Waals surface area contributed by atoms with Gasteiger partial charge in [-0.25, -0.2) is 0 Å². The zero-order chi connectivity index (χ0) is 45.2. The molecule has 360 valence electrons. The molecule has 0 aromatic heterocycles. The summed E-state index contributed by atoms with van der Waals surface area (Å²) in [6.07, 6.45) is 61.3. The van der Waals surface area contributed by atoms with Crippen molar-refractivity contribution in [3.05, 3.63) is 60.8 Å². The van der Waals surface area contributed by atoms with Gasteiger partial charge in [0.05, 0.1) is 25.2 Å². The van der Waals surface area contributed by atoms with Gasteiger partial charge in [0, 0.05) is 6.42 Å². The Morgan fingerprint density at radius 2 is 0.871 bits per heavy atom. The molecular weight excluding hydrogens is 767 g/mol. The Bertz CT molecular complexity index is 1110. The van der Waals surface area contributed by atoms with Crippen LogP contribution in [0.3, 0.4) is 0 Å². The minimum atomic E-state index is -0.798. The molecule has 0 saturated heterocycles. The average Bonchev–Trinajstić information content (AvgIpc) is 3.26. The molecule has 6 heteroatoms. The van der Waals surface area contributed by atoms with Crippen LogP contribution in [0.5, 0.6) is 0 Å². The number of amides is 1. The van der Waals surface area contributed by atoms with Gasteiger partial charge in [0.2, 0.25) is 5.91 Å². The molecule has 0 radical (unpaired) electrons. The van der Waals surface area contributed by atoms with Crippen LogP contribution < -0.4 is 5.32 Å². The van der Waals surface area contributed by atoms with E-state index in [9.17, 15) is 19.8 Å². The van der Waals surface area contributed by atoms with Gasteiger partial charge in [-0.2, -0.15) is 0 Å². The second-order valence-electron chi connectivity index (χ2n) is 17.9. The Morgan fingerprint density at radius 3 is 1.35 bits per heavy atom. The Labute approximate surface area is 384 Å². The highest BCUT2D eigenvalue weighted by Crippen LogP contribution is 2.17. The van der Waals surface area contributed by atoms with Crippen molar-refractivity contribution < 1.29 is 24.5 Å². The predicted octanol–water partition coefficient (Wildman–Crippen LogP) is 16.0. The molecule has 3 N–H and O–H groups in total. The summed E-state index contributed by atoms with van der Waals surface area (Å²) < 4.78 is 5.92. The van der Waals surface area contributed by atoms with Crippen molar-refractivity contribution in [1.82, 2.24) is 5.32 Å². The van der Waals surface area contributed by atoms with E-state index in [-0.39, 0.29) is 24.9 Å². The molecular formula is C56H101NO5. The lowest BCUT2D eigenvalue weighted by Crippen LogP contribution is -2.46. The first-order valence-corrected chi connectivity index (χ1v) is 26.5. The molecule has 3 unspecified atom stereocenters. The summed E-state index contributed by atoms with van der Waals surface area (Å²) in [7, 11) is 0. The fraction of sp³-hybridized carbons (Fsp3) is 0.786. The Balaban J connectivity index is 4.65. The first-order valence-electron chi connectivity index (χ1n) is 26.5. The van der Waals surface area contributed by atoms with Gasteiger partial charge in [-0.15, -0.1) is 0 Å². The van der Waals surface area contributed by atoms with Crippen LogP contribution in [-0.4, -0.2) is 46.9 Å². The zero-order valence-electron chi connectivity index (χ0n) is 41.0. The lowest BCUT2D eigenvalue weighted by Gasteiger charge is -2.24. The molecule has 0 rings (SSSR count). The first kappa shape index (κ1) is 59.6. The summed E-state index contributed by atoms with van der Waals surface area (Å²) in [5.41, 5.74) is 0. The Morgan fingerprint density at radius 1 is 0.484 bits per heavy atom. The maximum atomic E-state index is 13.2. The maximum Gasteiger partial charge on any atom is 0.306 e. The summed E-state index contributed by atoms with van der Waals surface area (Å²) in [5.74, 6) is -0.522. The minimum absolute atomic E-state index is 0.0535. The van der Waals surface area contributed by atoms with Gasteiger partial charge in [0.15, 0.2) is 0 Å². The lowest BCUT2D eigenvalue weighted by molar-refractivity contribution is -0.151.